The zero-order chi connectivity index (χ0) is 16.6. The normalized spacial score (nSPS) is 11.4. The van der Waals surface area contributed by atoms with Crippen molar-refractivity contribution in [3.63, 3.8) is 0 Å². The number of halogens is 1. The van der Waals surface area contributed by atoms with Crippen molar-refractivity contribution in [3.8, 4) is 0 Å². The zero-order valence-corrected chi connectivity index (χ0v) is 13.3. The van der Waals surface area contributed by atoms with Crippen LogP contribution in [-0.2, 0) is 19.6 Å². The molecule has 0 saturated heterocycles. The molecule has 124 valence electrons. The molecule has 0 radical (unpaired) electrons. The standard InChI is InChI=1S/C13H20FN3O4S/c1-10(18)17-13-9-11(3-4-12(13)14)22(19,20)16-6-5-15-7-8-21-2/h3-4,9,15-16H,5-8H2,1-2H3,(H,17,18). The van der Waals surface area contributed by atoms with Gasteiger partial charge in [-0.05, 0) is 18.2 Å². The van der Waals surface area contributed by atoms with Crippen LogP contribution in [0.15, 0.2) is 23.1 Å². The number of carbonyl (C=O) groups is 1. The number of nitrogens with one attached hydrogen (secondary N) is 3. The second-order valence-electron chi connectivity index (χ2n) is 4.46. The van der Waals surface area contributed by atoms with Gasteiger partial charge < -0.3 is 15.4 Å². The van der Waals surface area contributed by atoms with E-state index in [1.807, 2.05) is 0 Å². The topological polar surface area (TPSA) is 96.5 Å². The molecule has 0 bridgehead atoms. The van der Waals surface area contributed by atoms with Crippen LogP contribution in [0, 0.1) is 5.82 Å². The molecule has 0 aliphatic carbocycles. The zero-order valence-electron chi connectivity index (χ0n) is 12.5. The molecule has 0 saturated carbocycles. The van der Waals surface area contributed by atoms with Gasteiger partial charge in [-0.3, -0.25) is 4.79 Å². The number of carbonyl (C=O) groups excluding carboxylic acids is 1. The second-order valence-corrected chi connectivity index (χ2v) is 6.23. The number of ether oxygens (including phenoxy) is 1. The first-order valence-electron chi connectivity index (χ1n) is 6.63. The molecule has 3 N–H and O–H groups in total. The van der Waals surface area contributed by atoms with E-state index in [2.05, 4.69) is 15.4 Å². The number of amides is 1. The van der Waals surface area contributed by atoms with Gasteiger partial charge in [0.25, 0.3) is 0 Å². The van der Waals surface area contributed by atoms with Crippen molar-refractivity contribution in [2.24, 2.45) is 0 Å². The minimum atomic E-state index is -3.77. The summed E-state index contributed by atoms with van der Waals surface area (Å²) in [6, 6.07) is 3.22. The van der Waals surface area contributed by atoms with Crippen LogP contribution in [0.3, 0.4) is 0 Å². The van der Waals surface area contributed by atoms with Gasteiger partial charge >= 0.3 is 0 Å². The Bertz CT molecular complexity index is 607. The average molecular weight is 333 g/mol. The van der Waals surface area contributed by atoms with Gasteiger partial charge in [0, 0.05) is 33.7 Å². The van der Waals surface area contributed by atoms with Gasteiger partial charge in [0.2, 0.25) is 15.9 Å². The highest BCUT2D eigenvalue weighted by atomic mass is 32.2. The van der Waals surface area contributed by atoms with Crippen LogP contribution in [0.5, 0.6) is 0 Å². The molecule has 22 heavy (non-hydrogen) atoms. The van der Waals surface area contributed by atoms with E-state index in [1.54, 1.807) is 7.11 Å². The number of sulfonamides is 1. The number of hydrogen-bond donors (Lipinski definition) is 3. The van der Waals surface area contributed by atoms with Crippen molar-refractivity contribution >= 4 is 21.6 Å². The molecule has 9 heteroatoms. The summed E-state index contributed by atoms with van der Waals surface area (Å²) in [5.74, 6) is -1.18. The lowest BCUT2D eigenvalue weighted by Crippen LogP contribution is -2.33. The minimum absolute atomic E-state index is 0.116. The van der Waals surface area contributed by atoms with E-state index < -0.39 is 21.7 Å². The Morgan fingerprint density at radius 3 is 2.64 bits per heavy atom. The summed E-state index contributed by atoms with van der Waals surface area (Å²) < 4.78 is 44.9. The highest BCUT2D eigenvalue weighted by molar-refractivity contribution is 7.89. The van der Waals surface area contributed by atoms with Crippen LogP contribution >= 0.6 is 0 Å². The van der Waals surface area contributed by atoms with Crippen LogP contribution in [0.1, 0.15) is 6.92 Å². The van der Waals surface area contributed by atoms with Crippen LogP contribution < -0.4 is 15.4 Å². The maximum Gasteiger partial charge on any atom is 0.240 e. The monoisotopic (exact) mass is 333 g/mol. The third-order valence-electron chi connectivity index (χ3n) is 2.64. The van der Waals surface area contributed by atoms with Crippen molar-refractivity contribution < 1.29 is 22.3 Å². The molecule has 0 spiro atoms. The highest BCUT2D eigenvalue weighted by Gasteiger charge is 2.16. The van der Waals surface area contributed by atoms with Gasteiger partial charge in [0.15, 0.2) is 0 Å². The molecule has 1 aromatic carbocycles. The Hall–Kier alpha value is -1.55. The van der Waals surface area contributed by atoms with Crippen LogP contribution in [0.4, 0.5) is 10.1 Å². The molecule has 0 fully saturated rings. The molecule has 1 aromatic rings. The Labute approximate surface area is 129 Å². The molecule has 0 unspecified atom stereocenters. The smallest absolute Gasteiger partial charge is 0.240 e. The minimum Gasteiger partial charge on any atom is -0.383 e. The van der Waals surface area contributed by atoms with Crippen LogP contribution in [0.2, 0.25) is 0 Å². The SMILES string of the molecule is COCCNCCNS(=O)(=O)c1ccc(F)c(NC(C)=O)c1. The van der Waals surface area contributed by atoms with E-state index in [-0.39, 0.29) is 17.1 Å². The summed E-state index contributed by atoms with van der Waals surface area (Å²) in [6.07, 6.45) is 0. The lowest BCUT2D eigenvalue weighted by atomic mass is 10.3. The number of benzene rings is 1. The van der Waals surface area contributed by atoms with E-state index in [1.165, 1.54) is 6.92 Å². The third-order valence-corrected chi connectivity index (χ3v) is 4.09. The second kappa shape index (κ2) is 8.79. The van der Waals surface area contributed by atoms with E-state index >= 15 is 0 Å². The fraction of sp³-hybridized carbons (Fsp3) is 0.462. The first-order valence-corrected chi connectivity index (χ1v) is 8.11. The number of hydrogen-bond acceptors (Lipinski definition) is 5. The summed E-state index contributed by atoms with van der Waals surface area (Å²) in [4.78, 5) is 10.8. The highest BCUT2D eigenvalue weighted by Crippen LogP contribution is 2.19. The Morgan fingerprint density at radius 2 is 2.00 bits per heavy atom. The molecule has 1 amide bonds. The van der Waals surface area contributed by atoms with Crippen molar-refractivity contribution in [2.75, 3.05) is 38.7 Å². The lowest BCUT2D eigenvalue weighted by Gasteiger charge is -2.10. The number of rotatable bonds is 9. The Kier molecular flexibility index (Phi) is 7.39. The van der Waals surface area contributed by atoms with Gasteiger partial charge in [-0.2, -0.15) is 0 Å². The van der Waals surface area contributed by atoms with Gasteiger partial charge in [-0.15, -0.1) is 0 Å². The van der Waals surface area contributed by atoms with Crippen LogP contribution in [-0.4, -0.2) is 47.7 Å². The fourth-order valence-corrected chi connectivity index (χ4v) is 2.67. The lowest BCUT2D eigenvalue weighted by molar-refractivity contribution is -0.114. The third kappa shape index (κ3) is 6.06. The summed E-state index contributed by atoms with van der Waals surface area (Å²) in [6.45, 7) is 2.97. The molecule has 7 nitrogen and oxygen atoms in total. The van der Waals surface area contributed by atoms with Gasteiger partial charge in [-0.1, -0.05) is 0 Å². The maximum atomic E-state index is 13.5. The van der Waals surface area contributed by atoms with Gasteiger partial charge in [0.05, 0.1) is 17.2 Å². The summed E-state index contributed by atoms with van der Waals surface area (Å²) in [7, 11) is -2.19. The predicted molar refractivity (Wildman–Crippen MR) is 80.6 cm³/mol. The van der Waals surface area contributed by atoms with E-state index in [0.717, 1.165) is 18.2 Å². The molecule has 0 aromatic heterocycles. The molecule has 0 aliphatic rings. The maximum absolute atomic E-state index is 13.5. The van der Waals surface area contributed by atoms with E-state index in [9.17, 15) is 17.6 Å². The van der Waals surface area contributed by atoms with Crippen molar-refractivity contribution in [2.45, 2.75) is 11.8 Å². The van der Waals surface area contributed by atoms with E-state index in [0.29, 0.717) is 19.7 Å². The average Bonchev–Trinajstić information content (AvgIpc) is 2.44. The molecule has 0 heterocycles. The fourth-order valence-electron chi connectivity index (χ4n) is 1.61. The van der Waals surface area contributed by atoms with E-state index in [4.69, 9.17) is 4.74 Å². The van der Waals surface area contributed by atoms with Crippen molar-refractivity contribution in [1.29, 1.82) is 0 Å². The first-order chi connectivity index (χ1) is 10.4. The quantitative estimate of drug-likeness (QED) is 0.565. The van der Waals surface area contributed by atoms with Gasteiger partial charge in [-0.25, -0.2) is 17.5 Å². The number of methoxy groups -OCH3 is 1. The molecular weight excluding hydrogens is 313 g/mol. The Morgan fingerprint density at radius 1 is 1.27 bits per heavy atom. The molecule has 1 rings (SSSR count). The van der Waals surface area contributed by atoms with Crippen LogP contribution in [0.25, 0.3) is 0 Å². The molecule has 0 aliphatic heterocycles. The van der Waals surface area contributed by atoms with Crippen molar-refractivity contribution in [1.82, 2.24) is 10.0 Å². The largest absolute Gasteiger partial charge is 0.383 e. The molecule has 0 atom stereocenters. The van der Waals surface area contributed by atoms with Gasteiger partial charge in [0.1, 0.15) is 5.82 Å². The predicted octanol–water partition coefficient (Wildman–Crippen LogP) is 0.298. The van der Waals surface area contributed by atoms with Crippen molar-refractivity contribution in [3.05, 3.63) is 24.0 Å². The first kappa shape index (κ1) is 18.5. The molecular formula is C13H20FN3O4S. The number of anilines is 1. The summed E-state index contributed by atoms with van der Waals surface area (Å²) in [5.41, 5.74) is -0.173. The summed E-state index contributed by atoms with van der Waals surface area (Å²) in [5, 5.41) is 5.23. The Balaban J connectivity index is 2.66. The summed E-state index contributed by atoms with van der Waals surface area (Å²) >= 11 is 0.